The van der Waals surface area contributed by atoms with Crippen molar-refractivity contribution in [3.63, 3.8) is 0 Å². The van der Waals surface area contributed by atoms with E-state index in [1.165, 1.54) is 0 Å². The Kier molecular flexibility index (Phi) is 6.00. The van der Waals surface area contributed by atoms with Gasteiger partial charge in [-0.25, -0.2) is 4.79 Å². The molecule has 0 unspecified atom stereocenters. The van der Waals surface area contributed by atoms with Crippen LogP contribution in [0.1, 0.15) is 19.8 Å². The van der Waals surface area contributed by atoms with Gasteiger partial charge >= 0.3 is 6.03 Å². The number of hydrogen-bond donors (Lipinski definition) is 1. The van der Waals surface area contributed by atoms with E-state index in [1.54, 1.807) is 6.07 Å². The van der Waals surface area contributed by atoms with Crippen molar-refractivity contribution < 1.29 is 4.79 Å². The molecule has 1 aromatic carbocycles. The summed E-state index contributed by atoms with van der Waals surface area (Å²) in [4.78, 5) is 16.0. The summed E-state index contributed by atoms with van der Waals surface area (Å²) in [5.74, 6) is 0. The van der Waals surface area contributed by atoms with Crippen molar-refractivity contribution in [1.29, 1.82) is 0 Å². The Hall–Kier alpha value is -1.13. The highest BCUT2D eigenvalue weighted by Crippen LogP contribution is 2.32. The Morgan fingerprint density at radius 1 is 1.24 bits per heavy atom. The number of hydrogen-bond acceptors (Lipinski definition) is 2. The summed E-state index contributed by atoms with van der Waals surface area (Å²) in [6.07, 6.45) is 2.10. The number of benzene rings is 1. The fourth-order valence-corrected chi connectivity index (χ4v) is 2.79. The summed E-state index contributed by atoms with van der Waals surface area (Å²) in [5.41, 5.74) is 0.940. The maximum atomic E-state index is 12.0. The highest BCUT2D eigenvalue weighted by Gasteiger charge is 2.22. The minimum Gasteiger partial charge on any atom is -0.367 e. The Morgan fingerprint density at radius 3 is 2.62 bits per heavy atom. The second kappa shape index (κ2) is 7.76. The van der Waals surface area contributed by atoms with Crippen molar-refractivity contribution in [3.8, 4) is 0 Å². The van der Waals surface area contributed by atoms with Crippen LogP contribution in [0.15, 0.2) is 18.2 Å². The number of piperazine rings is 1. The molecule has 0 spiro atoms. The molecule has 2 rings (SSSR count). The zero-order valence-corrected chi connectivity index (χ0v) is 13.8. The lowest BCUT2D eigenvalue weighted by molar-refractivity contribution is 0.194. The quantitative estimate of drug-likeness (QED) is 0.856. The maximum absolute atomic E-state index is 12.0. The molecule has 1 aliphatic rings. The first-order chi connectivity index (χ1) is 10.1. The zero-order chi connectivity index (χ0) is 15.2. The lowest BCUT2D eigenvalue weighted by atomic mass is 10.2. The van der Waals surface area contributed by atoms with Gasteiger partial charge in [0.1, 0.15) is 0 Å². The monoisotopic (exact) mass is 329 g/mol. The molecule has 1 aromatic rings. The summed E-state index contributed by atoms with van der Waals surface area (Å²) in [5, 5.41) is 4.10. The predicted molar refractivity (Wildman–Crippen MR) is 88.6 cm³/mol. The molecular weight excluding hydrogens is 309 g/mol. The van der Waals surface area contributed by atoms with E-state index >= 15 is 0 Å². The van der Waals surface area contributed by atoms with Crippen LogP contribution in [-0.2, 0) is 0 Å². The van der Waals surface area contributed by atoms with E-state index in [1.807, 2.05) is 17.0 Å². The first-order valence-electron chi connectivity index (χ1n) is 7.35. The number of amides is 2. The lowest BCUT2D eigenvalue weighted by Gasteiger charge is -2.36. The Morgan fingerprint density at radius 2 is 1.95 bits per heavy atom. The predicted octanol–water partition coefficient (Wildman–Crippen LogP) is 3.63. The van der Waals surface area contributed by atoms with Crippen LogP contribution >= 0.6 is 23.2 Å². The number of rotatable bonds is 4. The van der Waals surface area contributed by atoms with Crippen LogP contribution in [0, 0.1) is 0 Å². The van der Waals surface area contributed by atoms with E-state index in [9.17, 15) is 4.79 Å². The molecule has 0 aliphatic carbocycles. The molecule has 0 saturated carbocycles. The summed E-state index contributed by atoms with van der Waals surface area (Å²) < 4.78 is 0. The molecule has 4 nitrogen and oxygen atoms in total. The fraction of sp³-hybridized carbons (Fsp3) is 0.533. The third-order valence-electron chi connectivity index (χ3n) is 3.65. The van der Waals surface area contributed by atoms with Crippen molar-refractivity contribution in [2.24, 2.45) is 0 Å². The van der Waals surface area contributed by atoms with Gasteiger partial charge in [0.15, 0.2) is 0 Å². The molecule has 0 bridgehead atoms. The van der Waals surface area contributed by atoms with Crippen LogP contribution in [0.2, 0.25) is 10.0 Å². The van der Waals surface area contributed by atoms with Crippen LogP contribution < -0.4 is 10.2 Å². The van der Waals surface area contributed by atoms with Gasteiger partial charge in [0, 0.05) is 32.7 Å². The van der Waals surface area contributed by atoms with Crippen molar-refractivity contribution >= 4 is 34.9 Å². The lowest BCUT2D eigenvalue weighted by Crippen LogP contribution is -2.52. The van der Waals surface area contributed by atoms with Crippen LogP contribution in [0.4, 0.5) is 10.5 Å². The Bertz CT molecular complexity index is 488. The van der Waals surface area contributed by atoms with E-state index < -0.39 is 0 Å². The van der Waals surface area contributed by atoms with E-state index in [0.29, 0.717) is 23.1 Å². The minimum absolute atomic E-state index is 0.0280. The number of nitrogens with zero attached hydrogens (tertiary/aromatic N) is 2. The largest absolute Gasteiger partial charge is 0.367 e. The number of anilines is 1. The molecule has 2 amide bonds. The normalized spacial score (nSPS) is 15.2. The smallest absolute Gasteiger partial charge is 0.317 e. The first kappa shape index (κ1) is 16.2. The van der Waals surface area contributed by atoms with Gasteiger partial charge in [-0.1, -0.05) is 42.6 Å². The maximum Gasteiger partial charge on any atom is 0.317 e. The SMILES string of the molecule is CCCCNC(=O)N1CCN(c2cccc(Cl)c2Cl)CC1. The summed E-state index contributed by atoms with van der Waals surface area (Å²) in [6.45, 7) is 5.78. The molecule has 6 heteroatoms. The second-order valence-corrected chi connectivity index (χ2v) is 5.92. The number of carbonyl (C=O) groups excluding carboxylic acids is 1. The fourth-order valence-electron chi connectivity index (χ4n) is 2.37. The van der Waals surface area contributed by atoms with Crippen molar-refractivity contribution in [1.82, 2.24) is 10.2 Å². The molecule has 1 N–H and O–H groups in total. The van der Waals surface area contributed by atoms with E-state index in [2.05, 4.69) is 17.1 Å². The van der Waals surface area contributed by atoms with Crippen molar-refractivity contribution in [3.05, 3.63) is 28.2 Å². The molecule has 1 saturated heterocycles. The van der Waals surface area contributed by atoms with Gasteiger partial charge in [0.2, 0.25) is 0 Å². The van der Waals surface area contributed by atoms with Gasteiger partial charge in [0.05, 0.1) is 15.7 Å². The van der Waals surface area contributed by atoms with Crippen LogP contribution in [0.3, 0.4) is 0 Å². The number of unbranched alkanes of at least 4 members (excludes halogenated alkanes) is 1. The Labute approximate surface area is 136 Å². The summed E-state index contributed by atoms with van der Waals surface area (Å²) >= 11 is 12.3. The molecule has 0 aromatic heterocycles. The number of carbonyl (C=O) groups is 1. The van der Waals surface area contributed by atoms with Crippen molar-refractivity contribution in [2.45, 2.75) is 19.8 Å². The Balaban J connectivity index is 1.88. The van der Waals surface area contributed by atoms with Gasteiger partial charge in [-0.3, -0.25) is 0 Å². The van der Waals surface area contributed by atoms with Gasteiger partial charge in [-0.15, -0.1) is 0 Å². The summed E-state index contributed by atoms with van der Waals surface area (Å²) in [6, 6.07) is 5.67. The molecule has 0 atom stereocenters. The average molecular weight is 330 g/mol. The molecule has 1 aliphatic heterocycles. The highest BCUT2D eigenvalue weighted by atomic mass is 35.5. The van der Waals surface area contributed by atoms with E-state index in [-0.39, 0.29) is 6.03 Å². The number of nitrogens with one attached hydrogen (secondary N) is 1. The molecule has 1 heterocycles. The third kappa shape index (κ3) is 4.17. The van der Waals surface area contributed by atoms with Gasteiger partial charge in [-0.2, -0.15) is 0 Å². The van der Waals surface area contributed by atoms with Crippen LogP contribution in [0.5, 0.6) is 0 Å². The summed E-state index contributed by atoms with van der Waals surface area (Å²) in [7, 11) is 0. The topological polar surface area (TPSA) is 35.6 Å². The second-order valence-electron chi connectivity index (χ2n) is 5.13. The van der Waals surface area contributed by atoms with Gasteiger partial charge in [0.25, 0.3) is 0 Å². The first-order valence-corrected chi connectivity index (χ1v) is 8.10. The molecule has 116 valence electrons. The molecule has 1 fully saturated rings. The highest BCUT2D eigenvalue weighted by molar-refractivity contribution is 6.43. The zero-order valence-electron chi connectivity index (χ0n) is 12.2. The number of urea groups is 1. The molecule has 21 heavy (non-hydrogen) atoms. The van der Waals surface area contributed by atoms with E-state index in [4.69, 9.17) is 23.2 Å². The van der Waals surface area contributed by atoms with E-state index in [0.717, 1.165) is 38.2 Å². The minimum atomic E-state index is 0.0280. The number of halogens is 2. The standard InChI is InChI=1S/C15H21Cl2N3O/c1-2-3-7-18-15(21)20-10-8-19(9-11-20)13-6-4-5-12(16)14(13)17/h4-6H,2-3,7-11H2,1H3,(H,18,21). The third-order valence-corrected chi connectivity index (χ3v) is 4.45. The molecule has 0 radical (unpaired) electrons. The molecular formula is C15H21Cl2N3O. The average Bonchev–Trinajstić information content (AvgIpc) is 2.50. The van der Waals surface area contributed by atoms with Crippen LogP contribution in [0.25, 0.3) is 0 Å². The van der Waals surface area contributed by atoms with Crippen LogP contribution in [-0.4, -0.2) is 43.7 Å². The van der Waals surface area contributed by atoms with Crippen molar-refractivity contribution in [2.75, 3.05) is 37.6 Å². The van der Waals surface area contributed by atoms with Gasteiger partial charge in [-0.05, 0) is 18.6 Å². The van der Waals surface area contributed by atoms with Gasteiger partial charge < -0.3 is 15.1 Å².